The summed E-state index contributed by atoms with van der Waals surface area (Å²) in [7, 11) is -2.35. The van der Waals surface area contributed by atoms with Crippen LogP contribution < -0.4 is 14.8 Å². The van der Waals surface area contributed by atoms with Crippen LogP contribution in [0.5, 0.6) is 5.75 Å². The summed E-state index contributed by atoms with van der Waals surface area (Å²) in [6.45, 7) is 2.79. The van der Waals surface area contributed by atoms with Crippen molar-refractivity contribution in [2.75, 3.05) is 13.7 Å². The van der Waals surface area contributed by atoms with E-state index in [4.69, 9.17) is 4.74 Å². The van der Waals surface area contributed by atoms with Gasteiger partial charge < -0.3 is 10.1 Å². The van der Waals surface area contributed by atoms with E-state index in [1.54, 1.807) is 0 Å². The van der Waals surface area contributed by atoms with Crippen LogP contribution in [0.15, 0.2) is 23.1 Å². The van der Waals surface area contributed by atoms with Gasteiger partial charge in [0.05, 0.1) is 12.0 Å². The number of hydrogen-bond donors (Lipinski definition) is 2. The van der Waals surface area contributed by atoms with Crippen LogP contribution in [0, 0.1) is 5.82 Å². The summed E-state index contributed by atoms with van der Waals surface area (Å²) in [6.07, 6.45) is 1.47. The van der Waals surface area contributed by atoms with Gasteiger partial charge in [-0.05, 0) is 38.4 Å². The monoisotopic (exact) mass is 338 g/mol. The third-order valence-corrected chi connectivity index (χ3v) is 4.90. The lowest BCUT2D eigenvalue weighted by Crippen LogP contribution is -2.46. The highest BCUT2D eigenvalue weighted by atomic mass is 35.5. The van der Waals surface area contributed by atoms with E-state index in [9.17, 15) is 12.8 Å². The van der Waals surface area contributed by atoms with E-state index >= 15 is 0 Å². The van der Waals surface area contributed by atoms with Gasteiger partial charge in [-0.15, -0.1) is 12.4 Å². The fourth-order valence-electron chi connectivity index (χ4n) is 2.33. The number of ether oxygens (including phenoxy) is 1. The molecule has 1 saturated heterocycles. The molecule has 0 bridgehead atoms. The number of benzene rings is 1. The zero-order valence-corrected chi connectivity index (χ0v) is 13.6. The lowest BCUT2D eigenvalue weighted by molar-refractivity contribution is 0.361. The standard InChI is InChI=1S/C13H19FN2O3S.ClH/c1-9-7-10(5-6-15-9)16-20(17,18)11-3-4-12(14)13(8-11)19-2;/h3-4,8-10,15-16H,5-7H2,1-2H3;1H. The van der Waals surface area contributed by atoms with E-state index in [0.717, 1.165) is 25.5 Å². The van der Waals surface area contributed by atoms with Gasteiger partial charge in [-0.1, -0.05) is 0 Å². The Morgan fingerprint density at radius 1 is 1.43 bits per heavy atom. The molecule has 1 aliphatic heterocycles. The summed E-state index contributed by atoms with van der Waals surface area (Å²) < 4.78 is 45.4. The lowest BCUT2D eigenvalue weighted by atomic mass is 10.0. The molecular formula is C13H20ClFN2O3S. The zero-order chi connectivity index (χ0) is 14.8. The van der Waals surface area contributed by atoms with Crippen molar-refractivity contribution >= 4 is 22.4 Å². The highest BCUT2D eigenvalue weighted by molar-refractivity contribution is 7.89. The second-order valence-electron chi connectivity index (χ2n) is 4.99. The summed E-state index contributed by atoms with van der Waals surface area (Å²) in [5, 5.41) is 3.26. The molecular weight excluding hydrogens is 319 g/mol. The van der Waals surface area contributed by atoms with E-state index in [0.29, 0.717) is 0 Å². The summed E-state index contributed by atoms with van der Waals surface area (Å²) >= 11 is 0. The van der Waals surface area contributed by atoms with Crippen LogP contribution in [0.2, 0.25) is 0 Å². The van der Waals surface area contributed by atoms with Crippen molar-refractivity contribution in [1.82, 2.24) is 10.0 Å². The quantitative estimate of drug-likeness (QED) is 0.876. The van der Waals surface area contributed by atoms with Crippen molar-refractivity contribution in [3.05, 3.63) is 24.0 Å². The first kappa shape index (κ1) is 18.2. The van der Waals surface area contributed by atoms with E-state index < -0.39 is 15.8 Å². The summed E-state index contributed by atoms with van der Waals surface area (Å²) in [5.74, 6) is -0.659. The van der Waals surface area contributed by atoms with Gasteiger partial charge >= 0.3 is 0 Å². The lowest BCUT2D eigenvalue weighted by Gasteiger charge is -2.28. The topological polar surface area (TPSA) is 67.4 Å². The van der Waals surface area contributed by atoms with Gasteiger partial charge in [0.2, 0.25) is 10.0 Å². The molecule has 0 aliphatic carbocycles. The van der Waals surface area contributed by atoms with Crippen LogP contribution in [-0.4, -0.2) is 34.2 Å². The molecule has 5 nitrogen and oxygen atoms in total. The highest BCUT2D eigenvalue weighted by Gasteiger charge is 2.25. The Hall–Kier alpha value is -0.890. The summed E-state index contributed by atoms with van der Waals surface area (Å²) in [6, 6.07) is 3.71. The number of methoxy groups -OCH3 is 1. The molecule has 0 saturated carbocycles. The molecule has 0 amide bonds. The van der Waals surface area contributed by atoms with Gasteiger partial charge in [-0.3, -0.25) is 0 Å². The average molecular weight is 339 g/mol. The molecule has 120 valence electrons. The first-order valence-corrected chi connectivity index (χ1v) is 8.00. The van der Waals surface area contributed by atoms with Gasteiger partial charge in [0.25, 0.3) is 0 Å². The number of piperidine rings is 1. The third kappa shape index (κ3) is 4.54. The second-order valence-corrected chi connectivity index (χ2v) is 6.71. The van der Waals surface area contributed by atoms with E-state index in [-0.39, 0.29) is 35.1 Å². The molecule has 21 heavy (non-hydrogen) atoms. The summed E-state index contributed by atoms with van der Waals surface area (Å²) in [4.78, 5) is 0.0157. The molecule has 2 atom stereocenters. The molecule has 0 spiro atoms. The van der Waals surface area contributed by atoms with Gasteiger partial charge in [-0.2, -0.15) is 0 Å². The third-order valence-electron chi connectivity index (χ3n) is 3.38. The molecule has 1 heterocycles. The van der Waals surface area contributed by atoms with Crippen LogP contribution in [0.25, 0.3) is 0 Å². The fraction of sp³-hybridized carbons (Fsp3) is 0.538. The normalized spacial score (nSPS) is 22.4. The average Bonchev–Trinajstić information content (AvgIpc) is 2.38. The van der Waals surface area contributed by atoms with Gasteiger partial charge in [-0.25, -0.2) is 17.5 Å². The Labute approximate surface area is 130 Å². The minimum Gasteiger partial charge on any atom is -0.494 e. The van der Waals surface area contributed by atoms with E-state index in [2.05, 4.69) is 10.0 Å². The van der Waals surface area contributed by atoms with Crippen molar-refractivity contribution in [1.29, 1.82) is 0 Å². The number of sulfonamides is 1. The van der Waals surface area contributed by atoms with Crippen LogP contribution in [0.3, 0.4) is 0 Å². The minimum absolute atomic E-state index is 0. The highest BCUT2D eigenvalue weighted by Crippen LogP contribution is 2.22. The molecule has 1 fully saturated rings. The SMILES string of the molecule is COc1cc(S(=O)(=O)NC2CCNC(C)C2)ccc1F.Cl. The van der Waals surface area contributed by atoms with E-state index in [1.807, 2.05) is 6.92 Å². The van der Waals surface area contributed by atoms with Crippen LogP contribution in [0.4, 0.5) is 4.39 Å². The molecule has 8 heteroatoms. The zero-order valence-electron chi connectivity index (χ0n) is 11.9. The molecule has 1 aromatic rings. The summed E-state index contributed by atoms with van der Waals surface area (Å²) in [5.41, 5.74) is 0. The predicted octanol–water partition coefficient (Wildman–Crippen LogP) is 1.67. The van der Waals surface area contributed by atoms with Crippen LogP contribution in [0.1, 0.15) is 19.8 Å². The van der Waals surface area contributed by atoms with E-state index in [1.165, 1.54) is 19.2 Å². The molecule has 1 aromatic carbocycles. The van der Waals surface area contributed by atoms with Gasteiger partial charge in [0.15, 0.2) is 11.6 Å². The molecule has 2 N–H and O–H groups in total. The number of rotatable bonds is 4. The maximum atomic E-state index is 13.3. The van der Waals surface area contributed by atoms with Crippen LogP contribution in [-0.2, 0) is 10.0 Å². The van der Waals surface area contributed by atoms with Crippen molar-refractivity contribution in [2.45, 2.75) is 36.7 Å². The number of nitrogens with one attached hydrogen (secondary N) is 2. The predicted molar refractivity (Wildman–Crippen MR) is 81.0 cm³/mol. The van der Waals surface area contributed by atoms with Crippen molar-refractivity contribution in [3.8, 4) is 5.75 Å². The first-order valence-electron chi connectivity index (χ1n) is 6.51. The number of halogens is 2. The van der Waals surface area contributed by atoms with Gasteiger partial charge in [0.1, 0.15) is 0 Å². The maximum Gasteiger partial charge on any atom is 0.240 e. The Balaban J connectivity index is 0.00000220. The van der Waals surface area contributed by atoms with Crippen LogP contribution >= 0.6 is 12.4 Å². The van der Waals surface area contributed by atoms with Gasteiger partial charge in [0, 0.05) is 18.2 Å². The van der Waals surface area contributed by atoms with Crippen molar-refractivity contribution < 1.29 is 17.5 Å². The molecule has 0 radical (unpaired) electrons. The molecule has 0 aromatic heterocycles. The number of hydrogen-bond acceptors (Lipinski definition) is 4. The molecule has 2 unspecified atom stereocenters. The second kappa shape index (κ2) is 7.40. The Bertz CT molecular complexity index is 583. The molecule has 2 rings (SSSR count). The molecule has 1 aliphatic rings. The van der Waals surface area contributed by atoms with Crippen molar-refractivity contribution in [3.63, 3.8) is 0 Å². The minimum atomic E-state index is -3.66. The van der Waals surface area contributed by atoms with Crippen molar-refractivity contribution in [2.24, 2.45) is 0 Å². The fourth-order valence-corrected chi connectivity index (χ4v) is 3.63. The maximum absolute atomic E-state index is 13.3. The Morgan fingerprint density at radius 3 is 2.76 bits per heavy atom. The smallest absolute Gasteiger partial charge is 0.240 e. The largest absolute Gasteiger partial charge is 0.494 e. The Kier molecular flexibility index (Phi) is 6.40. The first-order chi connectivity index (χ1) is 9.42. The Morgan fingerprint density at radius 2 is 2.14 bits per heavy atom.